The molecule has 0 bridgehead atoms. The van der Waals surface area contributed by atoms with E-state index >= 15 is 0 Å². The van der Waals surface area contributed by atoms with Crippen LogP contribution in [-0.4, -0.2) is 46.2 Å². The number of hydrogen-bond acceptors (Lipinski definition) is 4. The van der Waals surface area contributed by atoms with Crippen molar-refractivity contribution >= 4 is 0 Å². The molecule has 1 saturated carbocycles. The SMILES string of the molecule is COC[C@H]1C[C@@H](C)[C@@H](OCCN)C1OC. The van der Waals surface area contributed by atoms with Crippen LogP contribution in [-0.2, 0) is 14.2 Å². The Balaban J connectivity index is 2.52. The number of ether oxygens (including phenoxy) is 3. The van der Waals surface area contributed by atoms with Crippen LogP contribution >= 0.6 is 0 Å². The molecule has 0 aliphatic heterocycles. The van der Waals surface area contributed by atoms with Crippen molar-refractivity contribution in [1.82, 2.24) is 0 Å². The maximum Gasteiger partial charge on any atom is 0.0885 e. The zero-order valence-corrected chi connectivity index (χ0v) is 9.94. The van der Waals surface area contributed by atoms with E-state index in [-0.39, 0.29) is 12.2 Å². The summed E-state index contributed by atoms with van der Waals surface area (Å²) in [6, 6.07) is 0. The van der Waals surface area contributed by atoms with Gasteiger partial charge < -0.3 is 19.9 Å². The molecule has 90 valence electrons. The molecule has 0 radical (unpaired) electrons. The predicted molar refractivity (Wildman–Crippen MR) is 58.7 cm³/mol. The molecule has 15 heavy (non-hydrogen) atoms. The molecule has 1 unspecified atom stereocenters. The summed E-state index contributed by atoms with van der Waals surface area (Å²) in [4.78, 5) is 0. The lowest BCUT2D eigenvalue weighted by molar-refractivity contribution is -0.0706. The first-order chi connectivity index (χ1) is 7.24. The van der Waals surface area contributed by atoms with Crippen molar-refractivity contribution in [2.24, 2.45) is 17.6 Å². The molecule has 1 fully saturated rings. The van der Waals surface area contributed by atoms with E-state index in [0.717, 1.165) is 13.0 Å². The van der Waals surface area contributed by atoms with Crippen LogP contribution in [0.4, 0.5) is 0 Å². The third kappa shape index (κ3) is 3.14. The number of nitrogens with two attached hydrogens (primary N) is 1. The minimum atomic E-state index is 0.145. The first-order valence-electron chi connectivity index (χ1n) is 5.58. The van der Waals surface area contributed by atoms with Crippen LogP contribution in [0.1, 0.15) is 13.3 Å². The van der Waals surface area contributed by atoms with Gasteiger partial charge in [-0.3, -0.25) is 0 Å². The topological polar surface area (TPSA) is 53.7 Å². The second kappa shape index (κ2) is 6.43. The van der Waals surface area contributed by atoms with Gasteiger partial charge in [-0.05, 0) is 12.3 Å². The van der Waals surface area contributed by atoms with Crippen molar-refractivity contribution in [2.45, 2.75) is 25.6 Å². The minimum Gasteiger partial charge on any atom is -0.384 e. The molecule has 0 aromatic carbocycles. The van der Waals surface area contributed by atoms with E-state index in [9.17, 15) is 0 Å². The fourth-order valence-electron chi connectivity index (χ4n) is 2.50. The fourth-order valence-corrected chi connectivity index (χ4v) is 2.50. The minimum absolute atomic E-state index is 0.145. The normalized spacial score (nSPS) is 36.0. The van der Waals surface area contributed by atoms with Gasteiger partial charge in [0.25, 0.3) is 0 Å². The van der Waals surface area contributed by atoms with Gasteiger partial charge in [0, 0.05) is 26.7 Å². The second-order valence-corrected chi connectivity index (χ2v) is 4.25. The quantitative estimate of drug-likeness (QED) is 0.709. The largest absolute Gasteiger partial charge is 0.384 e. The summed E-state index contributed by atoms with van der Waals surface area (Å²) in [5, 5.41) is 0. The molecule has 1 aliphatic carbocycles. The van der Waals surface area contributed by atoms with Crippen LogP contribution < -0.4 is 5.73 Å². The van der Waals surface area contributed by atoms with Crippen molar-refractivity contribution in [3.8, 4) is 0 Å². The molecule has 4 heteroatoms. The van der Waals surface area contributed by atoms with Gasteiger partial charge in [0.05, 0.1) is 25.4 Å². The van der Waals surface area contributed by atoms with Gasteiger partial charge in [-0.15, -0.1) is 0 Å². The summed E-state index contributed by atoms with van der Waals surface area (Å²) in [7, 11) is 3.47. The molecule has 2 N–H and O–H groups in total. The van der Waals surface area contributed by atoms with Crippen molar-refractivity contribution in [2.75, 3.05) is 34.0 Å². The maximum atomic E-state index is 5.74. The van der Waals surface area contributed by atoms with Crippen LogP contribution in [0.3, 0.4) is 0 Å². The van der Waals surface area contributed by atoms with E-state index in [4.69, 9.17) is 19.9 Å². The van der Waals surface area contributed by atoms with Gasteiger partial charge >= 0.3 is 0 Å². The summed E-state index contributed by atoms with van der Waals surface area (Å²) in [5.41, 5.74) is 5.44. The summed E-state index contributed by atoms with van der Waals surface area (Å²) in [5.74, 6) is 0.958. The van der Waals surface area contributed by atoms with E-state index in [1.807, 2.05) is 0 Å². The molecule has 0 amide bonds. The Labute approximate surface area is 92.1 Å². The van der Waals surface area contributed by atoms with Crippen LogP contribution in [0.25, 0.3) is 0 Å². The van der Waals surface area contributed by atoms with Crippen molar-refractivity contribution in [1.29, 1.82) is 0 Å². The highest BCUT2D eigenvalue weighted by molar-refractivity contribution is 4.91. The van der Waals surface area contributed by atoms with Crippen molar-refractivity contribution in [3.63, 3.8) is 0 Å². The lowest BCUT2D eigenvalue weighted by Crippen LogP contribution is -2.35. The number of methoxy groups -OCH3 is 2. The summed E-state index contributed by atoms with van der Waals surface area (Å²) >= 11 is 0. The predicted octanol–water partition coefficient (Wildman–Crippen LogP) is 0.648. The van der Waals surface area contributed by atoms with Crippen LogP contribution in [0, 0.1) is 11.8 Å². The van der Waals surface area contributed by atoms with E-state index in [1.165, 1.54) is 0 Å². The van der Waals surface area contributed by atoms with Gasteiger partial charge in [0.1, 0.15) is 0 Å². The summed E-state index contributed by atoms with van der Waals surface area (Å²) in [6.45, 7) is 4.11. The van der Waals surface area contributed by atoms with Crippen LogP contribution in [0.5, 0.6) is 0 Å². The molecule has 1 rings (SSSR count). The van der Waals surface area contributed by atoms with E-state index < -0.39 is 0 Å². The highest BCUT2D eigenvalue weighted by atomic mass is 16.5. The third-order valence-corrected chi connectivity index (χ3v) is 3.10. The second-order valence-electron chi connectivity index (χ2n) is 4.25. The smallest absolute Gasteiger partial charge is 0.0885 e. The highest BCUT2D eigenvalue weighted by Crippen LogP contribution is 2.35. The average Bonchev–Trinajstić information content (AvgIpc) is 2.52. The maximum absolute atomic E-state index is 5.74. The molecule has 0 saturated heterocycles. The van der Waals surface area contributed by atoms with Crippen LogP contribution in [0.15, 0.2) is 0 Å². The van der Waals surface area contributed by atoms with Gasteiger partial charge in [-0.2, -0.15) is 0 Å². The number of rotatable bonds is 6. The molecule has 0 spiro atoms. The summed E-state index contributed by atoms with van der Waals surface area (Å²) < 4.78 is 16.4. The Kier molecular flexibility index (Phi) is 5.53. The monoisotopic (exact) mass is 217 g/mol. The van der Waals surface area contributed by atoms with Gasteiger partial charge in [0.15, 0.2) is 0 Å². The van der Waals surface area contributed by atoms with E-state index in [0.29, 0.717) is 25.0 Å². The highest BCUT2D eigenvalue weighted by Gasteiger charge is 2.41. The van der Waals surface area contributed by atoms with E-state index in [1.54, 1.807) is 14.2 Å². The Morgan fingerprint density at radius 3 is 2.53 bits per heavy atom. The number of hydrogen-bond donors (Lipinski definition) is 1. The lowest BCUT2D eigenvalue weighted by Gasteiger charge is -2.24. The Hall–Kier alpha value is -0.160. The zero-order valence-electron chi connectivity index (χ0n) is 9.94. The molecule has 4 nitrogen and oxygen atoms in total. The van der Waals surface area contributed by atoms with E-state index in [2.05, 4.69) is 6.92 Å². The van der Waals surface area contributed by atoms with Crippen molar-refractivity contribution < 1.29 is 14.2 Å². The van der Waals surface area contributed by atoms with Gasteiger partial charge in [-0.25, -0.2) is 0 Å². The molecular formula is C11H23NO3. The molecular weight excluding hydrogens is 194 g/mol. The van der Waals surface area contributed by atoms with Crippen LogP contribution in [0.2, 0.25) is 0 Å². The Morgan fingerprint density at radius 2 is 2.00 bits per heavy atom. The van der Waals surface area contributed by atoms with Gasteiger partial charge in [0.2, 0.25) is 0 Å². The zero-order chi connectivity index (χ0) is 11.3. The summed E-state index contributed by atoms with van der Waals surface area (Å²) in [6.07, 6.45) is 1.41. The standard InChI is InChI=1S/C11H23NO3/c1-8-6-9(7-13-2)11(14-3)10(8)15-5-4-12/h8-11H,4-7,12H2,1-3H3/t8-,9-,10-,11?/m1/s1. The van der Waals surface area contributed by atoms with Crippen molar-refractivity contribution in [3.05, 3.63) is 0 Å². The molecule has 4 atom stereocenters. The molecule has 0 aromatic heterocycles. The first-order valence-corrected chi connectivity index (χ1v) is 5.58. The Bertz CT molecular complexity index is 177. The average molecular weight is 217 g/mol. The first kappa shape index (κ1) is 12.9. The fraction of sp³-hybridized carbons (Fsp3) is 1.00. The molecule has 0 heterocycles. The molecule has 1 aliphatic rings. The molecule has 0 aromatic rings. The van der Waals surface area contributed by atoms with Gasteiger partial charge in [-0.1, -0.05) is 6.92 Å². The lowest BCUT2D eigenvalue weighted by atomic mass is 10.1. The third-order valence-electron chi connectivity index (χ3n) is 3.10. The Morgan fingerprint density at radius 1 is 1.27 bits per heavy atom.